The lowest BCUT2D eigenvalue weighted by Crippen LogP contribution is -2.03. The molecule has 0 unspecified atom stereocenters. The maximum atomic E-state index is 12.6. The molecule has 0 aliphatic rings. The first-order chi connectivity index (χ1) is 16.6. The lowest BCUT2D eigenvalue weighted by atomic mass is 10.1. The van der Waals surface area contributed by atoms with Gasteiger partial charge in [0.05, 0.1) is 31.4 Å². The van der Waals surface area contributed by atoms with Gasteiger partial charge in [0.25, 0.3) is 0 Å². The van der Waals surface area contributed by atoms with Crippen LogP contribution in [0, 0.1) is 0 Å². The normalized spacial score (nSPS) is 11.1. The molecule has 0 spiro atoms. The number of benzene rings is 2. The third-order valence-corrected chi connectivity index (χ3v) is 5.98. The van der Waals surface area contributed by atoms with E-state index in [1.165, 1.54) is 11.3 Å². The van der Waals surface area contributed by atoms with Gasteiger partial charge >= 0.3 is 5.63 Å². The SMILES string of the molecule is CCCOc1ccc(-c2noc(Cc3nc(-c4cc5ccc(OC)cc5oc4=O)cs3)n2)cc1. The Morgan fingerprint density at radius 2 is 1.85 bits per heavy atom. The van der Waals surface area contributed by atoms with E-state index in [1.54, 1.807) is 19.2 Å². The summed E-state index contributed by atoms with van der Waals surface area (Å²) in [6.45, 7) is 2.74. The van der Waals surface area contributed by atoms with Gasteiger partial charge in [0, 0.05) is 22.4 Å². The van der Waals surface area contributed by atoms with Crippen molar-refractivity contribution in [3.8, 4) is 34.1 Å². The first-order valence-electron chi connectivity index (χ1n) is 10.8. The van der Waals surface area contributed by atoms with E-state index < -0.39 is 5.63 Å². The lowest BCUT2D eigenvalue weighted by Gasteiger charge is -2.03. The van der Waals surface area contributed by atoms with E-state index in [4.69, 9.17) is 18.4 Å². The van der Waals surface area contributed by atoms with Gasteiger partial charge in [-0.25, -0.2) is 9.78 Å². The topological polar surface area (TPSA) is 100 Å². The quantitative estimate of drug-likeness (QED) is 0.277. The zero-order valence-electron chi connectivity index (χ0n) is 18.6. The van der Waals surface area contributed by atoms with Crippen LogP contribution in [0.15, 0.2) is 67.6 Å². The molecule has 34 heavy (non-hydrogen) atoms. The molecule has 5 rings (SSSR count). The van der Waals surface area contributed by atoms with Gasteiger partial charge in [-0.3, -0.25) is 0 Å². The van der Waals surface area contributed by atoms with E-state index in [2.05, 4.69) is 22.0 Å². The van der Waals surface area contributed by atoms with Gasteiger partial charge in [0.15, 0.2) is 0 Å². The molecule has 8 nitrogen and oxygen atoms in total. The summed E-state index contributed by atoms with van der Waals surface area (Å²) in [7, 11) is 1.57. The summed E-state index contributed by atoms with van der Waals surface area (Å²) in [5, 5.41) is 7.44. The molecule has 3 heterocycles. The fourth-order valence-electron chi connectivity index (χ4n) is 3.41. The summed E-state index contributed by atoms with van der Waals surface area (Å²) in [5.74, 6) is 2.38. The minimum atomic E-state index is -0.455. The molecular formula is C25H21N3O5S. The molecule has 0 atom stereocenters. The predicted octanol–water partition coefficient (Wildman–Crippen LogP) is 5.35. The fourth-order valence-corrected chi connectivity index (χ4v) is 4.19. The number of fused-ring (bicyclic) bond motifs is 1. The Morgan fingerprint density at radius 1 is 1.03 bits per heavy atom. The standard InChI is InChI=1S/C25H21N3O5S/c1-3-10-31-17-7-4-15(5-8-17)24-27-22(33-28-24)13-23-26-20(14-34-23)19-11-16-6-9-18(30-2)12-21(16)32-25(19)29/h4-9,11-12,14H,3,10,13H2,1-2H3. The van der Waals surface area contributed by atoms with E-state index in [1.807, 2.05) is 41.8 Å². The minimum absolute atomic E-state index is 0.367. The molecule has 0 N–H and O–H groups in total. The highest BCUT2D eigenvalue weighted by Crippen LogP contribution is 2.27. The summed E-state index contributed by atoms with van der Waals surface area (Å²) in [6, 6.07) is 14.7. The number of hydrogen-bond acceptors (Lipinski definition) is 9. The second kappa shape index (κ2) is 9.48. The third-order valence-electron chi connectivity index (χ3n) is 5.13. The van der Waals surface area contributed by atoms with Crippen molar-refractivity contribution in [2.75, 3.05) is 13.7 Å². The van der Waals surface area contributed by atoms with Crippen molar-refractivity contribution in [1.82, 2.24) is 15.1 Å². The maximum Gasteiger partial charge on any atom is 0.345 e. The molecule has 0 saturated carbocycles. The van der Waals surface area contributed by atoms with E-state index in [0.29, 0.717) is 47.3 Å². The largest absolute Gasteiger partial charge is 0.497 e. The van der Waals surface area contributed by atoms with Gasteiger partial charge in [-0.2, -0.15) is 4.98 Å². The van der Waals surface area contributed by atoms with E-state index in [-0.39, 0.29) is 0 Å². The fraction of sp³-hybridized carbons (Fsp3) is 0.200. The number of thiazole rings is 1. The van der Waals surface area contributed by atoms with Crippen molar-refractivity contribution in [2.24, 2.45) is 0 Å². The Kier molecular flexibility index (Phi) is 6.09. The molecule has 3 aromatic heterocycles. The maximum absolute atomic E-state index is 12.6. The van der Waals surface area contributed by atoms with Crippen LogP contribution in [0.25, 0.3) is 33.6 Å². The molecule has 2 aromatic carbocycles. The van der Waals surface area contributed by atoms with Crippen LogP contribution >= 0.6 is 11.3 Å². The number of hydrogen-bond donors (Lipinski definition) is 0. The van der Waals surface area contributed by atoms with E-state index in [0.717, 1.165) is 28.1 Å². The van der Waals surface area contributed by atoms with Crippen LogP contribution in [0.5, 0.6) is 11.5 Å². The van der Waals surface area contributed by atoms with Crippen molar-refractivity contribution < 1.29 is 18.4 Å². The summed E-state index contributed by atoms with van der Waals surface area (Å²) in [4.78, 5) is 21.6. The first kappa shape index (κ1) is 21.8. The summed E-state index contributed by atoms with van der Waals surface area (Å²) in [6.07, 6.45) is 1.32. The van der Waals surface area contributed by atoms with Crippen molar-refractivity contribution in [3.05, 3.63) is 75.2 Å². The summed E-state index contributed by atoms with van der Waals surface area (Å²) < 4.78 is 21.7. The Bertz CT molecular complexity index is 1490. The second-order valence-electron chi connectivity index (χ2n) is 7.54. The number of aromatic nitrogens is 3. The smallest absolute Gasteiger partial charge is 0.345 e. The van der Waals surface area contributed by atoms with Crippen LogP contribution < -0.4 is 15.1 Å². The van der Waals surface area contributed by atoms with Gasteiger partial charge in [-0.1, -0.05) is 12.1 Å². The molecule has 5 aromatic rings. The lowest BCUT2D eigenvalue weighted by molar-refractivity contribution is 0.317. The molecule has 0 aliphatic heterocycles. The number of nitrogens with zero attached hydrogens (tertiary/aromatic N) is 3. The van der Waals surface area contributed by atoms with Gasteiger partial charge in [0.1, 0.15) is 22.1 Å². The van der Waals surface area contributed by atoms with E-state index in [9.17, 15) is 4.79 Å². The molecule has 0 aliphatic carbocycles. The van der Waals surface area contributed by atoms with Crippen LogP contribution in [0.3, 0.4) is 0 Å². The number of ether oxygens (including phenoxy) is 2. The number of methoxy groups -OCH3 is 1. The highest BCUT2D eigenvalue weighted by molar-refractivity contribution is 7.10. The molecule has 0 fully saturated rings. The summed E-state index contributed by atoms with van der Waals surface area (Å²) >= 11 is 1.42. The summed E-state index contributed by atoms with van der Waals surface area (Å²) in [5.41, 5.74) is 1.80. The molecule has 0 radical (unpaired) electrons. The van der Waals surface area contributed by atoms with Crippen LogP contribution in [0.2, 0.25) is 0 Å². The van der Waals surface area contributed by atoms with Crippen LogP contribution in [-0.4, -0.2) is 28.8 Å². The van der Waals surface area contributed by atoms with Crippen LogP contribution in [-0.2, 0) is 6.42 Å². The van der Waals surface area contributed by atoms with Gasteiger partial charge in [0.2, 0.25) is 11.7 Å². The Morgan fingerprint density at radius 3 is 2.65 bits per heavy atom. The first-order valence-corrected chi connectivity index (χ1v) is 11.6. The van der Waals surface area contributed by atoms with Crippen molar-refractivity contribution in [3.63, 3.8) is 0 Å². The Labute approximate surface area is 198 Å². The molecule has 0 saturated heterocycles. The van der Waals surface area contributed by atoms with Crippen LogP contribution in [0.4, 0.5) is 0 Å². The monoisotopic (exact) mass is 475 g/mol. The zero-order chi connectivity index (χ0) is 23.5. The Hall–Kier alpha value is -3.98. The van der Waals surface area contributed by atoms with Crippen molar-refractivity contribution in [2.45, 2.75) is 19.8 Å². The average molecular weight is 476 g/mol. The molecule has 0 amide bonds. The minimum Gasteiger partial charge on any atom is -0.497 e. The van der Waals surface area contributed by atoms with E-state index >= 15 is 0 Å². The molecular weight excluding hydrogens is 454 g/mol. The molecule has 172 valence electrons. The highest BCUT2D eigenvalue weighted by atomic mass is 32.1. The van der Waals surface area contributed by atoms with Gasteiger partial charge < -0.3 is 18.4 Å². The third kappa shape index (κ3) is 4.55. The second-order valence-corrected chi connectivity index (χ2v) is 8.48. The highest BCUT2D eigenvalue weighted by Gasteiger charge is 2.15. The molecule has 0 bridgehead atoms. The average Bonchev–Trinajstić information content (AvgIpc) is 3.52. The van der Waals surface area contributed by atoms with Crippen LogP contribution in [0.1, 0.15) is 24.2 Å². The number of rotatable bonds is 8. The van der Waals surface area contributed by atoms with Gasteiger partial charge in [-0.05, 0) is 48.9 Å². The Balaban J connectivity index is 1.33. The van der Waals surface area contributed by atoms with Crippen molar-refractivity contribution >= 4 is 22.3 Å². The van der Waals surface area contributed by atoms with Gasteiger partial charge in [-0.15, -0.1) is 11.3 Å². The van der Waals surface area contributed by atoms with Crippen molar-refractivity contribution in [1.29, 1.82) is 0 Å². The zero-order valence-corrected chi connectivity index (χ0v) is 19.4. The molecule has 9 heteroatoms. The predicted molar refractivity (Wildman–Crippen MR) is 128 cm³/mol.